The number of piperidine rings is 3. The Balaban J connectivity index is 0.000000243. The molecule has 3 saturated heterocycles. The molecule has 0 radical (unpaired) electrons. The van der Waals surface area contributed by atoms with Crippen molar-refractivity contribution in [2.24, 2.45) is 0 Å². The number of nitrogens with zero attached hydrogens (tertiary/aromatic N) is 7. The minimum atomic E-state index is -1.20. The number of aliphatic hydroxyl groups excluding tert-OH is 3. The molecule has 3 aromatic heterocycles. The molecule has 3 aliphatic heterocycles. The summed E-state index contributed by atoms with van der Waals surface area (Å²) in [5.41, 5.74) is 6.99. The monoisotopic (exact) mass is 749 g/mol. The number of nitrogens with one attached hydrogen (secondary N) is 1. The molecule has 6 rings (SSSR count). The first-order chi connectivity index (χ1) is 23.7. The van der Waals surface area contributed by atoms with Crippen LogP contribution < -0.4 is 20.9 Å². The molecule has 51 heavy (non-hydrogen) atoms. The molecule has 0 aliphatic carbocycles. The summed E-state index contributed by atoms with van der Waals surface area (Å²) in [5.74, 6) is -0.693. The molecule has 16 nitrogen and oxygen atoms in total. The fourth-order valence-corrected chi connectivity index (χ4v) is 4.82. The second kappa shape index (κ2) is 21.0. The van der Waals surface area contributed by atoms with Crippen LogP contribution in [0.15, 0.2) is 55.0 Å². The average Bonchev–Trinajstić information content (AvgIpc) is 3.10. The third kappa shape index (κ3) is 14.0. The van der Waals surface area contributed by atoms with Crippen LogP contribution in [0.4, 0.5) is 46.4 Å². The zero-order chi connectivity index (χ0) is 36.8. The van der Waals surface area contributed by atoms with Gasteiger partial charge in [-0.15, -0.1) is 12.4 Å². The summed E-state index contributed by atoms with van der Waals surface area (Å²) in [6.07, 6.45) is -1.15. The number of halogens is 5. The van der Waals surface area contributed by atoms with Crippen LogP contribution in [0.25, 0.3) is 0 Å². The van der Waals surface area contributed by atoms with Crippen molar-refractivity contribution >= 4 is 41.2 Å². The number of hydrogen-bond donors (Lipinski definition) is 5. The fourth-order valence-electron chi connectivity index (χ4n) is 4.82. The number of rotatable bonds is 4. The summed E-state index contributed by atoms with van der Waals surface area (Å²) >= 11 is 0. The molecule has 0 aromatic carbocycles. The van der Waals surface area contributed by atoms with Crippen LogP contribution >= 0.6 is 12.4 Å². The van der Waals surface area contributed by atoms with Crippen LogP contribution in [0.1, 0.15) is 19.3 Å². The Hall–Kier alpha value is -4.50. The van der Waals surface area contributed by atoms with E-state index in [-0.39, 0.29) is 37.0 Å². The number of aromatic nitrogens is 3. The van der Waals surface area contributed by atoms with E-state index in [1.165, 1.54) is 12.3 Å². The third-order valence-corrected chi connectivity index (χ3v) is 7.69. The maximum atomic E-state index is 13.1. The first-order valence-electron chi connectivity index (χ1n) is 15.5. The third-order valence-electron chi connectivity index (χ3n) is 7.69. The van der Waals surface area contributed by atoms with E-state index in [1.807, 2.05) is 11.0 Å². The van der Waals surface area contributed by atoms with Gasteiger partial charge in [-0.2, -0.15) is 0 Å². The van der Waals surface area contributed by atoms with Crippen LogP contribution in [0.2, 0.25) is 0 Å². The van der Waals surface area contributed by atoms with Crippen molar-refractivity contribution < 1.29 is 42.7 Å². The van der Waals surface area contributed by atoms with Crippen LogP contribution in [0, 0.1) is 26.0 Å². The summed E-state index contributed by atoms with van der Waals surface area (Å²) in [6.45, 7) is 2.66. The van der Waals surface area contributed by atoms with Crippen molar-refractivity contribution in [3.05, 3.63) is 81.0 Å². The van der Waals surface area contributed by atoms with E-state index in [0.29, 0.717) is 57.1 Å². The molecule has 6 heterocycles. The molecule has 3 fully saturated rings. The van der Waals surface area contributed by atoms with Gasteiger partial charge in [0.15, 0.2) is 18.2 Å². The number of β-amino-alcohol motifs (C(OH)–C–C–N with tert-alkyl or cyclic N) is 3. The molecular formula is C30H40ClF4N9O7. The van der Waals surface area contributed by atoms with E-state index in [4.69, 9.17) is 10.8 Å². The zero-order valence-electron chi connectivity index (χ0n) is 27.1. The van der Waals surface area contributed by atoms with Crippen LogP contribution in [-0.4, -0.2) is 116 Å². The van der Waals surface area contributed by atoms with Crippen molar-refractivity contribution in [3.8, 4) is 0 Å². The van der Waals surface area contributed by atoms with Crippen molar-refractivity contribution in [2.45, 2.75) is 56.1 Å². The second-order valence-corrected chi connectivity index (χ2v) is 11.4. The lowest BCUT2D eigenvalue weighted by atomic mass is 10.1. The predicted octanol–water partition coefficient (Wildman–Crippen LogP) is 2.70. The molecule has 0 amide bonds. The second-order valence-electron chi connectivity index (χ2n) is 11.4. The Morgan fingerprint density at radius 2 is 1.20 bits per heavy atom. The van der Waals surface area contributed by atoms with Gasteiger partial charge in [0.05, 0.1) is 23.7 Å². The van der Waals surface area contributed by atoms with Gasteiger partial charge in [0.1, 0.15) is 36.5 Å². The number of aliphatic hydroxyl groups is 3. The Morgan fingerprint density at radius 1 is 0.725 bits per heavy atom. The molecular weight excluding hydrogens is 710 g/mol. The van der Waals surface area contributed by atoms with Crippen molar-refractivity contribution in [1.29, 1.82) is 0 Å². The maximum absolute atomic E-state index is 13.1. The highest BCUT2D eigenvalue weighted by Crippen LogP contribution is 2.23. The number of anilines is 3. The lowest BCUT2D eigenvalue weighted by Gasteiger charge is -2.33. The van der Waals surface area contributed by atoms with E-state index < -0.39 is 52.5 Å². The van der Waals surface area contributed by atoms with Gasteiger partial charge in [0.2, 0.25) is 0 Å². The Kier molecular flexibility index (Phi) is 17.6. The van der Waals surface area contributed by atoms with Crippen LogP contribution in [0.5, 0.6) is 0 Å². The van der Waals surface area contributed by atoms with E-state index in [2.05, 4.69) is 20.3 Å². The van der Waals surface area contributed by atoms with E-state index in [9.17, 15) is 48.0 Å². The first-order valence-corrected chi connectivity index (χ1v) is 15.5. The summed E-state index contributed by atoms with van der Waals surface area (Å²) < 4.78 is 50.4. The van der Waals surface area contributed by atoms with Gasteiger partial charge in [-0.05, 0) is 69.9 Å². The Labute approximate surface area is 296 Å². The first kappa shape index (κ1) is 42.7. The van der Waals surface area contributed by atoms with E-state index in [0.717, 1.165) is 24.0 Å². The maximum Gasteiger partial charge on any atom is 0.363 e. The summed E-state index contributed by atoms with van der Waals surface area (Å²) in [7, 11) is 0. The molecule has 21 heteroatoms. The Bertz CT molecular complexity index is 1480. The molecule has 3 aliphatic rings. The largest absolute Gasteiger partial charge is 0.389 e. The van der Waals surface area contributed by atoms with Gasteiger partial charge in [-0.1, -0.05) is 0 Å². The van der Waals surface area contributed by atoms with Gasteiger partial charge in [-0.3, -0.25) is 0 Å². The van der Waals surface area contributed by atoms with Crippen LogP contribution in [-0.2, 0) is 0 Å². The normalized spacial score (nSPS) is 24.1. The smallest absolute Gasteiger partial charge is 0.363 e. The predicted molar refractivity (Wildman–Crippen MR) is 181 cm³/mol. The van der Waals surface area contributed by atoms with Gasteiger partial charge in [-0.25, -0.2) is 22.5 Å². The van der Waals surface area contributed by atoms with Crippen LogP contribution in [0.3, 0.4) is 0 Å². The summed E-state index contributed by atoms with van der Waals surface area (Å²) in [6, 6.07) is 8.37. The molecule has 0 bridgehead atoms. The average molecular weight is 750 g/mol. The minimum Gasteiger partial charge on any atom is -0.389 e. The quantitative estimate of drug-likeness (QED) is 0.147. The SMILES string of the molecule is Cl.Nc1ccc(N2CC[C@H](F)[C@H](O)C2)cn1.O=[N+]([O-])c1ccc(F)cn1.O=[N+]([O-])c1ccc(N2CC[C@H](F)[C@H](O)C2)cn1.O[C@@H]1CNCC[C@@H]1F. The van der Waals surface area contributed by atoms with Gasteiger partial charge >= 0.3 is 11.6 Å². The number of nitrogen functional groups attached to an aromatic ring is 1. The fraction of sp³-hybridized carbons (Fsp3) is 0.500. The number of hydrogen-bond acceptors (Lipinski definition) is 14. The molecule has 282 valence electrons. The molecule has 0 saturated carbocycles. The molecule has 6 N–H and O–H groups in total. The van der Waals surface area contributed by atoms with Gasteiger partial charge in [0.25, 0.3) is 0 Å². The van der Waals surface area contributed by atoms with Gasteiger partial charge < -0.3 is 56.4 Å². The van der Waals surface area contributed by atoms with Crippen molar-refractivity contribution in [2.75, 3.05) is 54.8 Å². The summed E-state index contributed by atoms with van der Waals surface area (Å²) in [5, 5.41) is 50.8. The van der Waals surface area contributed by atoms with Crippen molar-refractivity contribution in [3.63, 3.8) is 0 Å². The lowest BCUT2D eigenvalue weighted by molar-refractivity contribution is -0.389. The van der Waals surface area contributed by atoms with E-state index >= 15 is 0 Å². The topological polar surface area (TPSA) is 230 Å². The number of nitro groups is 2. The number of pyridine rings is 3. The minimum absolute atomic E-state index is 0. The number of alkyl halides is 3. The zero-order valence-corrected chi connectivity index (χ0v) is 27.9. The van der Waals surface area contributed by atoms with E-state index in [1.54, 1.807) is 23.2 Å². The van der Waals surface area contributed by atoms with Gasteiger partial charge in [0, 0.05) is 44.9 Å². The molecule has 0 unspecified atom stereocenters. The Morgan fingerprint density at radius 3 is 1.55 bits per heavy atom. The lowest BCUT2D eigenvalue weighted by Crippen LogP contribution is -2.45. The van der Waals surface area contributed by atoms with Crippen molar-refractivity contribution in [1.82, 2.24) is 20.3 Å². The standard InChI is InChI=1S/C10H12FN3O3.C10H14FN3O.C5H3FN2O2.C5H10FNO.ClH/c11-8-3-4-13(6-9(8)15)7-1-2-10(12-5-7)14(16)17;11-8-3-4-14(6-9(8)15)7-1-2-10(12)13-5-7;6-4-1-2-5(7-3-4)8(9)10;6-4-1-2-7-3-5(4)8;/h1-2,5,8-9,15H,3-4,6H2;1-2,5,8-9,15H,3-4,6H2,(H2,12,13);1-3H;4-5,7-8H,1-3H2;1H/t2*8-,9+;;4-,5+;/m00.0./s1. The highest BCUT2D eigenvalue weighted by molar-refractivity contribution is 5.85. The number of nitrogens with two attached hydrogens (primary N) is 1. The highest BCUT2D eigenvalue weighted by atomic mass is 35.5. The molecule has 0 spiro atoms. The molecule has 3 aromatic rings. The molecule has 6 atom stereocenters. The highest BCUT2D eigenvalue weighted by Gasteiger charge is 2.29. The summed E-state index contributed by atoms with van der Waals surface area (Å²) in [4.78, 5) is 33.6.